The fourth-order valence-electron chi connectivity index (χ4n) is 2.45. The Morgan fingerprint density at radius 3 is 2.05 bits per heavy atom. The minimum absolute atomic E-state index is 0.0710. The van der Waals surface area contributed by atoms with E-state index in [-0.39, 0.29) is 17.4 Å². The summed E-state index contributed by atoms with van der Waals surface area (Å²) in [6, 6.07) is 7.64. The Morgan fingerprint density at radius 2 is 1.59 bits per heavy atom. The molecule has 2 rings (SSSR count). The molecule has 0 radical (unpaired) electrons. The van der Waals surface area contributed by atoms with Crippen molar-refractivity contribution in [1.82, 2.24) is 0 Å². The lowest BCUT2D eigenvalue weighted by Gasteiger charge is -2.22. The number of Topliss-reactive ketones (excluding diaryl/α,β-unsaturated/α-hetero) is 1. The van der Waals surface area contributed by atoms with Gasteiger partial charge in [0.05, 0.1) is 5.66 Å². The number of ketones is 1. The van der Waals surface area contributed by atoms with E-state index in [1.807, 2.05) is 48.6 Å². The first kappa shape index (κ1) is 16.9. The predicted molar refractivity (Wildman–Crippen MR) is 87.3 cm³/mol. The molecule has 0 saturated carbocycles. The molecule has 0 unspecified atom stereocenters. The van der Waals surface area contributed by atoms with Crippen LogP contribution in [-0.4, -0.2) is 25.7 Å². The van der Waals surface area contributed by atoms with Gasteiger partial charge in [0.25, 0.3) is 0 Å². The second-order valence-electron chi connectivity index (χ2n) is 5.29. The molecule has 0 heterocycles. The highest BCUT2D eigenvalue weighted by molar-refractivity contribution is 7.55. The van der Waals surface area contributed by atoms with Gasteiger partial charge in [-0.25, -0.2) is 0 Å². The van der Waals surface area contributed by atoms with Crippen LogP contribution in [0.2, 0.25) is 0 Å². The van der Waals surface area contributed by atoms with Gasteiger partial charge in [-0.15, -0.1) is 0 Å². The fourth-order valence-corrected chi connectivity index (χ4v) is 3.71. The van der Waals surface area contributed by atoms with Gasteiger partial charge in [0.2, 0.25) is 0 Å². The normalized spacial score (nSPS) is 21.0. The number of carbonyl (C=O) groups excluding carboxylic acids is 1. The third-order valence-corrected chi connectivity index (χ3v) is 5.91. The minimum Gasteiger partial charge on any atom is -0.311 e. The maximum Gasteiger partial charge on any atom is 0.340 e. The van der Waals surface area contributed by atoms with E-state index >= 15 is 0 Å². The molecule has 0 saturated heterocycles. The zero-order valence-corrected chi connectivity index (χ0v) is 14.0. The van der Waals surface area contributed by atoms with E-state index in [0.29, 0.717) is 0 Å². The summed E-state index contributed by atoms with van der Waals surface area (Å²) in [5.74, 6) is 0.309. The van der Waals surface area contributed by atoms with E-state index in [0.717, 1.165) is 17.5 Å². The predicted octanol–water partition coefficient (Wildman–Crippen LogP) is 4.03. The molecular formula is C17H21O4P. The van der Waals surface area contributed by atoms with E-state index in [2.05, 4.69) is 0 Å². The first-order valence-electron chi connectivity index (χ1n) is 7.16. The summed E-state index contributed by atoms with van der Waals surface area (Å²) < 4.78 is 22.3. The molecule has 0 bridgehead atoms. The third kappa shape index (κ3) is 3.83. The Labute approximate surface area is 131 Å². The van der Waals surface area contributed by atoms with Crippen LogP contribution in [0.5, 0.6) is 0 Å². The zero-order chi connectivity index (χ0) is 16.2. The molecule has 0 aliphatic heterocycles. The zero-order valence-electron chi connectivity index (χ0n) is 13.1. The highest BCUT2D eigenvalue weighted by atomic mass is 31.2. The first-order valence-corrected chi connectivity index (χ1v) is 8.77. The largest absolute Gasteiger partial charge is 0.340 e. The first-order chi connectivity index (χ1) is 10.5. The van der Waals surface area contributed by atoms with Crippen LogP contribution in [-0.2, 0) is 20.0 Å². The molecule has 0 amide bonds. The number of hydrogen-bond acceptors (Lipinski definition) is 4. The molecule has 1 aliphatic carbocycles. The van der Waals surface area contributed by atoms with Gasteiger partial charge in [0, 0.05) is 19.8 Å². The average molecular weight is 320 g/mol. The van der Waals surface area contributed by atoms with Gasteiger partial charge in [-0.05, 0) is 24.8 Å². The molecule has 0 N–H and O–H groups in total. The molecule has 0 atom stereocenters. The van der Waals surface area contributed by atoms with Crippen molar-refractivity contribution >= 4 is 13.4 Å². The minimum atomic E-state index is -3.09. The molecule has 0 aromatic heterocycles. The van der Waals surface area contributed by atoms with Gasteiger partial charge in [-0.2, -0.15) is 0 Å². The SMILES string of the molecule is COP(=O)(OC)C1C=CC(Cc2ccc(C(C)=O)cc2)C=C1. The standard InChI is InChI=1S/C17H21O4P/c1-13(18)16-8-4-14(5-9-16)12-15-6-10-17(11-7-15)22(19,20-2)21-3/h4-11,15,17H,12H2,1-3H3. The Hall–Kier alpha value is -1.48. The molecular weight excluding hydrogens is 299 g/mol. The lowest BCUT2D eigenvalue weighted by atomic mass is 9.94. The number of hydrogen-bond donors (Lipinski definition) is 0. The molecule has 1 aliphatic rings. The van der Waals surface area contributed by atoms with Crippen LogP contribution in [0, 0.1) is 5.92 Å². The van der Waals surface area contributed by atoms with Gasteiger partial charge in [0.1, 0.15) is 0 Å². The number of allylic oxidation sites excluding steroid dienone is 4. The van der Waals surface area contributed by atoms with Crippen LogP contribution < -0.4 is 0 Å². The number of carbonyl (C=O) groups is 1. The Balaban J connectivity index is 2.01. The highest BCUT2D eigenvalue weighted by Gasteiger charge is 2.31. The Morgan fingerprint density at radius 1 is 1.05 bits per heavy atom. The van der Waals surface area contributed by atoms with Gasteiger partial charge in [-0.3, -0.25) is 9.36 Å². The maximum absolute atomic E-state index is 12.3. The van der Waals surface area contributed by atoms with Crippen LogP contribution in [0.15, 0.2) is 48.6 Å². The van der Waals surface area contributed by atoms with Crippen molar-refractivity contribution < 1.29 is 18.4 Å². The maximum atomic E-state index is 12.3. The lowest BCUT2D eigenvalue weighted by molar-refractivity contribution is 0.101. The summed E-state index contributed by atoms with van der Waals surface area (Å²) >= 11 is 0. The molecule has 22 heavy (non-hydrogen) atoms. The van der Waals surface area contributed by atoms with Gasteiger partial charge in [0.15, 0.2) is 5.78 Å². The molecule has 5 heteroatoms. The number of rotatable bonds is 6. The molecule has 0 spiro atoms. The summed E-state index contributed by atoms with van der Waals surface area (Å²) in [6.45, 7) is 1.56. The van der Waals surface area contributed by atoms with Crippen LogP contribution in [0.1, 0.15) is 22.8 Å². The third-order valence-electron chi connectivity index (χ3n) is 3.82. The van der Waals surface area contributed by atoms with E-state index in [4.69, 9.17) is 9.05 Å². The van der Waals surface area contributed by atoms with Crippen LogP contribution in [0.4, 0.5) is 0 Å². The second-order valence-corrected chi connectivity index (χ2v) is 7.69. The van der Waals surface area contributed by atoms with E-state index in [1.165, 1.54) is 14.2 Å². The van der Waals surface area contributed by atoms with Crippen molar-refractivity contribution in [3.63, 3.8) is 0 Å². The summed E-state index contributed by atoms with van der Waals surface area (Å²) in [5.41, 5.74) is 1.54. The van der Waals surface area contributed by atoms with E-state index in [1.54, 1.807) is 6.92 Å². The number of benzene rings is 1. The van der Waals surface area contributed by atoms with Crippen molar-refractivity contribution in [2.45, 2.75) is 19.0 Å². The van der Waals surface area contributed by atoms with E-state index < -0.39 is 7.60 Å². The lowest BCUT2D eigenvalue weighted by Crippen LogP contribution is -2.11. The molecule has 4 nitrogen and oxygen atoms in total. The van der Waals surface area contributed by atoms with Crippen LogP contribution in [0.3, 0.4) is 0 Å². The van der Waals surface area contributed by atoms with Crippen molar-refractivity contribution in [3.8, 4) is 0 Å². The molecule has 1 aromatic rings. The smallest absolute Gasteiger partial charge is 0.311 e. The van der Waals surface area contributed by atoms with Crippen molar-refractivity contribution in [2.24, 2.45) is 5.92 Å². The van der Waals surface area contributed by atoms with Crippen LogP contribution in [0.25, 0.3) is 0 Å². The molecule has 1 aromatic carbocycles. The van der Waals surface area contributed by atoms with Crippen LogP contribution >= 0.6 is 7.60 Å². The molecule has 0 fully saturated rings. The monoisotopic (exact) mass is 320 g/mol. The van der Waals surface area contributed by atoms with E-state index in [9.17, 15) is 9.36 Å². The van der Waals surface area contributed by atoms with Crippen molar-refractivity contribution in [1.29, 1.82) is 0 Å². The summed E-state index contributed by atoms with van der Waals surface area (Å²) in [4.78, 5) is 11.3. The summed E-state index contributed by atoms with van der Waals surface area (Å²) in [7, 11) is -0.299. The molecule has 118 valence electrons. The summed E-state index contributed by atoms with van der Waals surface area (Å²) in [5, 5.41) is 0. The average Bonchev–Trinajstić information content (AvgIpc) is 2.55. The topological polar surface area (TPSA) is 52.6 Å². The fraction of sp³-hybridized carbons (Fsp3) is 0.353. The Bertz CT molecular complexity index is 609. The quantitative estimate of drug-likeness (QED) is 0.451. The summed E-state index contributed by atoms with van der Waals surface area (Å²) in [6.07, 6.45) is 8.63. The van der Waals surface area contributed by atoms with Gasteiger partial charge >= 0.3 is 7.60 Å². The highest BCUT2D eigenvalue weighted by Crippen LogP contribution is 2.53. The van der Waals surface area contributed by atoms with Gasteiger partial charge in [-0.1, -0.05) is 48.6 Å². The Kier molecular flexibility index (Phi) is 5.52. The second kappa shape index (κ2) is 7.19. The van der Waals surface area contributed by atoms with Crippen molar-refractivity contribution in [3.05, 3.63) is 59.7 Å². The van der Waals surface area contributed by atoms with Gasteiger partial charge < -0.3 is 9.05 Å². The van der Waals surface area contributed by atoms with Crippen molar-refractivity contribution in [2.75, 3.05) is 14.2 Å².